The summed E-state index contributed by atoms with van der Waals surface area (Å²) in [7, 11) is 0. The first-order valence-corrected chi connectivity index (χ1v) is 10.7. The normalized spacial score (nSPS) is 19.1. The molecule has 1 aliphatic carbocycles. The van der Waals surface area contributed by atoms with Crippen LogP contribution in [0.5, 0.6) is 0 Å². The first-order chi connectivity index (χ1) is 13.4. The minimum absolute atomic E-state index is 0.0700. The van der Waals surface area contributed by atoms with E-state index < -0.39 is 5.82 Å². The van der Waals surface area contributed by atoms with E-state index in [9.17, 15) is 9.18 Å². The fourth-order valence-corrected chi connectivity index (χ4v) is 4.70. The van der Waals surface area contributed by atoms with Gasteiger partial charge in [0, 0.05) is 37.2 Å². The fraction of sp³-hybridized carbons (Fsp3) is 0.619. The van der Waals surface area contributed by atoms with Crippen molar-refractivity contribution in [1.82, 2.24) is 14.9 Å². The predicted octanol–water partition coefficient (Wildman–Crippen LogP) is 4.68. The maximum absolute atomic E-state index is 13.9. The molecule has 7 heteroatoms. The number of rotatable bonds is 4. The zero-order valence-electron chi connectivity index (χ0n) is 16.5. The summed E-state index contributed by atoms with van der Waals surface area (Å²) in [4.78, 5) is 19.5. The van der Waals surface area contributed by atoms with Crippen molar-refractivity contribution in [3.8, 4) is 0 Å². The van der Waals surface area contributed by atoms with E-state index in [1.807, 2.05) is 0 Å². The predicted molar refractivity (Wildman–Crippen MR) is 110 cm³/mol. The molecule has 28 heavy (non-hydrogen) atoms. The number of fused-ring (bicyclic) bond motifs is 1. The number of hydrogen-bond acceptors (Lipinski definition) is 3. The maximum Gasteiger partial charge on any atom is 0.223 e. The Morgan fingerprint density at radius 2 is 1.89 bits per heavy atom. The van der Waals surface area contributed by atoms with Gasteiger partial charge < -0.3 is 14.8 Å². The lowest BCUT2D eigenvalue weighted by molar-refractivity contribution is -0.126. The molecule has 2 heterocycles. The van der Waals surface area contributed by atoms with E-state index in [1.165, 1.54) is 18.9 Å². The SMILES string of the molecule is CC(C)n1c(N2CCC(C(=O)NC3CCCC3)CC2)nc2cc(F)c(Cl)cc21. The molecule has 5 nitrogen and oxygen atoms in total. The third kappa shape index (κ3) is 3.71. The van der Waals surface area contributed by atoms with E-state index >= 15 is 0 Å². The second kappa shape index (κ2) is 7.90. The molecule has 4 rings (SSSR count). The first kappa shape index (κ1) is 19.5. The molecule has 2 fully saturated rings. The lowest BCUT2D eigenvalue weighted by Gasteiger charge is -2.33. The highest BCUT2D eigenvalue weighted by Gasteiger charge is 2.30. The van der Waals surface area contributed by atoms with Crippen LogP contribution in [0.3, 0.4) is 0 Å². The number of hydrogen-bond donors (Lipinski definition) is 1. The van der Waals surface area contributed by atoms with E-state index in [0.29, 0.717) is 11.6 Å². The molecule has 1 aliphatic heterocycles. The summed E-state index contributed by atoms with van der Waals surface area (Å²) < 4.78 is 16.0. The highest BCUT2D eigenvalue weighted by atomic mass is 35.5. The van der Waals surface area contributed by atoms with Crippen molar-refractivity contribution >= 4 is 34.5 Å². The van der Waals surface area contributed by atoms with Gasteiger partial charge in [-0.15, -0.1) is 0 Å². The summed E-state index contributed by atoms with van der Waals surface area (Å²) in [6.45, 7) is 5.72. The molecular weight excluding hydrogens is 379 g/mol. The molecule has 1 saturated heterocycles. The number of carbonyl (C=O) groups excluding carboxylic acids is 1. The topological polar surface area (TPSA) is 50.2 Å². The number of piperidine rings is 1. The van der Waals surface area contributed by atoms with E-state index in [-0.39, 0.29) is 22.9 Å². The van der Waals surface area contributed by atoms with Crippen LogP contribution in [0.2, 0.25) is 5.02 Å². The number of nitrogens with one attached hydrogen (secondary N) is 1. The van der Waals surface area contributed by atoms with E-state index in [1.54, 1.807) is 6.07 Å². The Kier molecular flexibility index (Phi) is 5.50. The zero-order chi connectivity index (χ0) is 19.8. The van der Waals surface area contributed by atoms with Crippen LogP contribution in [0.4, 0.5) is 10.3 Å². The molecule has 1 aromatic heterocycles. The number of amides is 1. The number of aromatic nitrogens is 2. The molecule has 0 atom stereocenters. The van der Waals surface area contributed by atoms with Crippen molar-refractivity contribution in [2.75, 3.05) is 18.0 Å². The van der Waals surface area contributed by atoms with Gasteiger partial charge in [-0.2, -0.15) is 0 Å². The summed E-state index contributed by atoms with van der Waals surface area (Å²) >= 11 is 6.01. The van der Waals surface area contributed by atoms with Gasteiger partial charge in [-0.25, -0.2) is 9.37 Å². The standard InChI is InChI=1S/C21H28ClFN4O/c1-13(2)27-19-11-16(22)17(23)12-18(19)25-21(27)26-9-7-14(8-10-26)20(28)24-15-5-3-4-6-15/h11-15H,3-10H2,1-2H3,(H,24,28). The highest BCUT2D eigenvalue weighted by molar-refractivity contribution is 6.31. The largest absolute Gasteiger partial charge is 0.353 e. The van der Waals surface area contributed by atoms with Crippen molar-refractivity contribution in [3.05, 3.63) is 23.0 Å². The summed E-state index contributed by atoms with van der Waals surface area (Å²) in [6, 6.07) is 3.60. The molecule has 0 radical (unpaired) electrons. The quantitative estimate of drug-likeness (QED) is 0.801. The molecule has 2 aliphatic rings. The summed E-state index contributed by atoms with van der Waals surface area (Å²) in [6.07, 6.45) is 6.30. The number of anilines is 1. The Morgan fingerprint density at radius 1 is 1.21 bits per heavy atom. The zero-order valence-corrected chi connectivity index (χ0v) is 17.3. The minimum Gasteiger partial charge on any atom is -0.353 e. The van der Waals surface area contributed by atoms with E-state index in [2.05, 4.69) is 28.6 Å². The van der Waals surface area contributed by atoms with Crippen LogP contribution in [-0.4, -0.2) is 34.6 Å². The number of carbonyl (C=O) groups is 1. The summed E-state index contributed by atoms with van der Waals surface area (Å²) in [5.41, 5.74) is 1.46. The molecule has 1 saturated carbocycles. The van der Waals surface area contributed by atoms with Gasteiger partial charge >= 0.3 is 0 Å². The van der Waals surface area contributed by atoms with Gasteiger partial charge in [0.15, 0.2) is 0 Å². The first-order valence-electron chi connectivity index (χ1n) is 10.4. The van der Waals surface area contributed by atoms with Gasteiger partial charge in [0.2, 0.25) is 11.9 Å². The lowest BCUT2D eigenvalue weighted by Crippen LogP contribution is -2.43. The van der Waals surface area contributed by atoms with Gasteiger partial charge in [0.1, 0.15) is 5.82 Å². The van der Waals surface area contributed by atoms with Crippen molar-refractivity contribution in [2.24, 2.45) is 5.92 Å². The van der Waals surface area contributed by atoms with Crippen LogP contribution in [0, 0.1) is 11.7 Å². The summed E-state index contributed by atoms with van der Waals surface area (Å²) in [5.74, 6) is 0.663. The molecule has 1 aromatic carbocycles. The number of benzene rings is 1. The lowest BCUT2D eigenvalue weighted by atomic mass is 9.95. The number of nitrogens with zero attached hydrogens (tertiary/aromatic N) is 3. The van der Waals surface area contributed by atoms with Crippen molar-refractivity contribution in [1.29, 1.82) is 0 Å². The van der Waals surface area contributed by atoms with Crippen molar-refractivity contribution in [2.45, 2.75) is 64.5 Å². The fourth-order valence-electron chi connectivity index (χ4n) is 4.54. The monoisotopic (exact) mass is 406 g/mol. The molecule has 0 bridgehead atoms. The van der Waals surface area contributed by atoms with Crippen LogP contribution in [0.1, 0.15) is 58.4 Å². The Labute approximate surface area is 170 Å². The van der Waals surface area contributed by atoms with Crippen LogP contribution >= 0.6 is 11.6 Å². The number of imidazole rings is 1. The average molecular weight is 407 g/mol. The third-order valence-electron chi connectivity index (χ3n) is 6.08. The highest BCUT2D eigenvalue weighted by Crippen LogP contribution is 2.32. The third-order valence-corrected chi connectivity index (χ3v) is 6.37. The molecule has 1 amide bonds. The Bertz CT molecular complexity index is 867. The second-order valence-corrected chi connectivity index (χ2v) is 8.79. The second-order valence-electron chi connectivity index (χ2n) is 8.38. The van der Waals surface area contributed by atoms with Crippen LogP contribution in [0.25, 0.3) is 11.0 Å². The van der Waals surface area contributed by atoms with Crippen LogP contribution in [0.15, 0.2) is 12.1 Å². The molecule has 1 N–H and O–H groups in total. The van der Waals surface area contributed by atoms with Gasteiger partial charge in [-0.3, -0.25) is 4.79 Å². The Balaban J connectivity index is 1.50. The van der Waals surface area contributed by atoms with Crippen molar-refractivity contribution < 1.29 is 9.18 Å². The smallest absolute Gasteiger partial charge is 0.223 e. The number of halogens is 2. The van der Waals surface area contributed by atoms with E-state index in [4.69, 9.17) is 16.6 Å². The van der Waals surface area contributed by atoms with Crippen LogP contribution < -0.4 is 10.2 Å². The minimum atomic E-state index is -0.448. The molecule has 152 valence electrons. The molecular formula is C21H28ClFN4O. The van der Waals surface area contributed by atoms with Gasteiger partial charge in [-0.1, -0.05) is 24.4 Å². The Morgan fingerprint density at radius 3 is 2.54 bits per heavy atom. The molecule has 0 unspecified atom stereocenters. The summed E-state index contributed by atoms with van der Waals surface area (Å²) in [5, 5.41) is 3.35. The van der Waals surface area contributed by atoms with Crippen LogP contribution in [-0.2, 0) is 4.79 Å². The Hall–Kier alpha value is -1.82. The van der Waals surface area contributed by atoms with E-state index in [0.717, 1.165) is 50.2 Å². The van der Waals surface area contributed by atoms with Gasteiger partial charge in [0.05, 0.1) is 16.1 Å². The van der Waals surface area contributed by atoms with Crippen molar-refractivity contribution in [3.63, 3.8) is 0 Å². The maximum atomic E-state index is 13.9. The van der Waals surface area contributed by atoms with Gasteiger partial charge in [-0.05, 0) is 45.6 Å². The van der Waals surface area contributed by atoms with Gasteiger partial charge in [0.25, 0.3) is 0 Å². The molecule has 0 spiro atoms. The average Bonchev–Trinajstić information content (AvgIpc) is 3.30. The molecule has 2 aromatic rings.